The lowest BCUT2D eigenvalue weighted by atomic mass is 10.1. The van der Waals surface area contributed by atoms with Gasteiger partial charge in [0.1, 0.15) is 5.82 Å². The highest BCUT2D eigenvalue weighted by Gasteiger charge is 2.16. The molecule has 0 aliphatic heterocycles. The number of rotatable bonds is 2. The fourth-order valence-electron chi connectivity index (χ4n) is 1.00. The fraction of sp³-hybridized carbons (Fsp3) is 0.250. The SMILES string of the molecule is NC[C@@H](N)c1c(F)ccc(Cl)c1Cl. The van der Waals surface area contributed by atoms with Crippen LogP contribution in [0.15, 0.2) is 12.1 Å². The zero-order valence-corrected chi connectivity index (χ0v) is 8.24. The van der Waals surface area contributed by atoms with E-state index in [1.54, 1.807) is 0 Å². The Morgan fingerprint density at radius 2 is 2.00 bits per heavy atom. The molecule has 5 heteroatoms. The minimum atomic E-state index is -0.619. The molecule has 0 spiro atoms. The first-order valence-corrected chi connectivity index (χ1v) is 4.42. The maximum atomic E-state index is 13.2. The number of hydrogen-bond donors (Lipinski definition) is 2. The highest BCUT2D eigenvalue weighted by atomic mass is 35.5. The molecule has 0 aromatic heterocycles. The molecule has 0 bridgehead atoms. The van der Waals surface area contributed by atoms with E-state index < -0.39 is 11.9 Å². The highest BCUT2D eigenvalue weighted by molar-refractivity contribution is 6.42. The van der Waals surface area contributed by atoms with Gasteiger partial charge in [-0.2, -0.15) is 0 Å². The summed E-state index contributed by atoms with van der Waals surface area (Å²) in [6.07, 6.45) is 0. The van der Waals surface area contributed by atoms with Crippen molar-refractivity contribution in [2.24, 2.45) is 11.5 Å². The minimum absolute atomic E-state index is 0.122. The Balaban J connectivity index is 3.25. The summed E-state index contributed by atoms with van der Waals surface area (Å²) in [5.41, 5.74) is 11.0. The van der Waals surface area contributed by atoms with E-state index in [0.717, 1.165) is 0 Å². The van der Waals surface area contributed by atoms with E-state index in [4.69, 9.17) is 34.7 Å². The summed E-state index contributed by atoms with van der Waals surface area (Å²) in [4.78, 5) is 0. The highest BCUT2D eigenvalue weighted by Crippen LogP contribution is 2.30. The summed E-state index contributed by atoms with van der Waals surface area (Å²) in [6.45, 7) is 0.122. The quantitative estimate of drug-likeness (QED) is 0.754. The maximum Gasteiger partial charge on any atom is 0.129 e. The van der Waals surface area contributed by atoms with Crippen LogP contribution in [-0.2, 0) is 0 Å². The van der Waals surface area contributed by atoms with E-state index in [9.17, 15) is 4.39 Å². The van der Waals surface area contributed by atoms with Crippen LogP contribution in [0.1, 0.15) is 11.6 Å². The molecule has 0 radical (unpaired) electrons. The monoisotopic (exact) mass is 222 g/mol. The van der Waals surface area contributed by atoms with Crippen LogP contribution in [0.5, 0.6) is 0 Å². The van der Waals surface area contributed by atoms with Crippen molar-refractivity contribution in [3.05, 3.63) is 33.6 Å². The topological polar surface area (TPSA) is 52.0 Å². The van der Waals surface area contributed by atoms with Gasteiger partial charge in [-0.05, 0) is 12.1 Å². The molecule has 0 fully saturated rings. The molecule has 72 valence electrons. The summed E-state index contributed by atoms with van der Waals surface area (Å²) < 4.78 is 13.2. The molecule has 0 amide bonds. The second-order valence-electron chi connectivity index (χ2n) is 2.60. The average Bonchev–Trinajstić information content (AvgIpc) is 2.12. The van der Waals surface area contributed by atoms with Crippen molar-refractivity contribution in [1.82, 2.24) is 0 Å². The van der Waals surface area contributed by atoms with E-state index in [1.165, 1.54) is 12.1 Å². The van der Waals surface area contributed by atoms with Crippen molar-refractivity contribution < 1.29 is 4.39 Å². The van der Waals surface area contributed by atoms with E-state index in [2.05, 4.69) is 0 Å². The van der Waals surface area contributed by atoms with E-state index in [-0.39, 0.29) is 22.2 Å². The van der Waals surface area contributed by atoms with Crippen molar-refractivity contribution in [3.8, 4) is 0 Å². The van der Waals surface area contributed by atoms with E-state index in [0.29, 0.717) is 0 Å². The van der Waals surface area contributed by atoms with Crippen LogP contribution >= 0.6 is 23.2 Å². The third-order valence-electron chi connectivity index (χ3n) is 1.70. The largest absolute Gasteiger partial charge is 0.329 e. The molecule has 0 saturated heterocycles. The summed E-state index contributed by atoms with van der Waals surface area (Å²) >= 11 is 11.5. The van der Waals surface area contributed by atoms with Crippen LogP contribution in [0.2, 0.25) is 10.0 Å². The van der Waals surface area contributed by atoms with Gasteiger partial charge in [-0.1, -0.05) is 23.2 Å². The zero-order valence-electron chi connectivity index (χ0n) is 6.73. The molecular formula is C8H9Cl2FN2. The number of benzene rings is 1. The van der Waals surface area contributed by atoms with Crippen molar-refractivity contribution in [2.45, 2.75) is 6.04 Å². The van der Waals surface area contributed by atoms with Crippen LogP contribution in [-0.4, -0.2) is 6.54 Å². The standard InChI is InChI=1S/C8H9Cl2FN2/c9-4-1-2-5(11)7(8(4)10)6(13)3-12/h1-2,6H,3,12-13H2/t6-/m1/s1. The second kappa shape index (κ2) is 4.24. The van der Waals surface area contributed by atoms with Crippen molar-refractivity contribution >= 4 is 23.2 Å². The molecule has 4 N–H and O–H groups in total. The molecule has 2 nitrogen and oxygen atoms in total. The normalized spacial score (nSPS) is 13.0. The number of halogens is 3. The third-order valence-corrected chi connectivity index (χ3v) is 2.52. The molecule has 13 heavy (non-hydrogen) atoms. The number of nitrogens with two attached hydrogens (primary N) is 2. The van der Waals surface area contributed by atoms with Crippen LogP contribution < -0.4 is 11.5 Å². The van der Waals surface area contributed by atoms with E-state index >= 15 is 0 Å². The molecule has 1 aromatic rings. The van der Waals surface area contributed by atoms with Crippen molar-refractivity contribution in [1.29, 1.82) is 0 Å². The lowest BCUT2D eigenvalue weighted by Gasteiger charge is -2.12. The Morgan fingerprint density at radius 3 is 2.54 bits per heavy atom. The summed E-state index contributed by atoms with van der Waals surface area (Å²) in [5, 5.41) is 0.418. The van der Waals surface area contributed by atoms with Gasteiger partial charge in [-0.15, -0.1) is 0 Å². The van der Waals surface area contributed by atoms with Gasteiger partial charge in [0.2, 0.25) is 0 Å². The molecule has 0 unspecified atom stereocenters. The molecule has 1 atom stereocenters. The molecule has 1 rings (SSSR count). The predicted molar refractivity (Wildman–Crippen MR) is 52.4 cm³/mol. The van der Waals surface area contributed by atoms with Gasteiger partial charge < -0.3 is 11.5 Å². The van der Waals surface area contributed by atoms with Gasteiger partial charge in [0, 0.05) is 18.2 Å². The molecule has 1 aromatic carbocycles. The van der Waals surface area contributed by atoms with Crippen molar-refractivity contribution in [2.75, 3.05) is 6.54 Å². The van der Waals surface area contributed by atoms with Crippen LogP contribution in [0, 0.1) is 5.82 Å². The molecule has 0 saturated carbocycles. The average molecular weight is 223 g/mol. The van der Waals surface area contributed by atoms with Crippen LogP contribution in [0.25, 0.3) is 0 Å². The van der Waals surface area contributed by atoms with Crippen molar-refractivity contribution in [3.63, 3.8) is 0 Å². The first-order chi connectivity index (χ1) is 6.07. The Kier molecular flexibility index (Phi) is 3.50. The maximum absolute atomic E-state index is 13.2. The Hall–Kier alpha value is -0.350. The second-order valence-corrected chi connectivity index (χ2v) is 3.38. The summed E-state index contributed by atoms with van der Waals surface area (Å²) in [5.74, 6) is -0.479. The minimum Gasteiger partial charge on any atom is -0.329 e. The molecule has 0 aliphatic rings. The summed E-state index contributed by atoms with van der Waals surface area (Å²) in [7, 11) is 0. The molecular weight excluding hydrogens is 214 g/mol. The lowest BCUT2D eigenvalue weighted by molar-refractivity contribution is 0.584. The van der Waals surface area contributed by atoms with Gasteiger partial charge in [-0.3, -0.25) is 0 Å². The molecule has 0 heterocycles. The van der Waals surface area contributed by atoms with Gasteiger partial charge in [0.15, 0.2) is 0 Å². The fourth-order valence-corrected chi connectivity index (χ4v) is 1.46. The van der Waals surface area contributed by atoms with Gasteiger partial charge >= 0.3 is 0 Å². The van der Waals surface area contributed by atoms with Gasteiger partial charge in [0.05, 0.1) is 10.0 Å². The third kappa shape index (κ3) is 2.11. The van der Waals surface area contributed by atoms with Crippen LogP contribution in [0.4, 0.5) is 4.39 Å². The first-order valence-electron chi connectivity index (χ1n) is 3.67. The summed E-state index contributed by atoms with van der Waals surface area (Å²) in [6, 6.07) is 1.98. The van der Waals surface area contributed by atoms with Gasteiger partial charge in [0.25, 0.3) is 0 Å². The Bertz CT molecular complexity index is 317. The number of hydrogen-bond acceptors (Lipinski definition) is 2. The lowest BCUT2D eigenvalue weighted by Crippen LogP contribution is -2.22. The van der Waals surface area contributed by atoms with Crippen LogP contribution in [0.3, 0.4) is 0 Å². The van der Waals surface area contributed by atoms with E-state index in [1.807, 2.05) is 0 Å². The smallest absolute Gasteiger partial charge is 0.129 e. The van der Waals surface area contributed by atoms with Gasteiger partial charge in [-0.25, -0.2) is 4.39 Å². The molecule has 0 aliphatic carbocycles. The first kappa shape index (κ1) is 10.7. The zero-order chi connectivity index (χ0) is 10.0. The predicted octanol–water partition coefficient (Wildman–Crippen LogP) is 2.09. The Labute approximate surface area is 85.6 Å². The Morgan fingerprint density at radius 1 is 1.38 bits per heavy atom.